The standard InChI is InChI=1S/C21H24N2O2/c24-11-12-25-21-8-4-1-5-15(21)14-22-16-9-10-20-18(13-16)17-6-2-3-7-19(17)23-20/h1-8,16,22-24H,9-14H2. The lowest BCUT2D eigenvalue weighted by molar-refractivity contribution is 0.200. The third-order valence-electron chi connectivity index (χ3n) is 5.00. The molecule has 1 atom stereocenters. The third-order valence-corrected chi connectivity index (χ3v) is 5.00. The highest BCUT2D eigenvalue weighted by Crippen LogP contribution is 2.29. The Kier molecular flexibility index (Phi) is 4.72. The molecule has 1 aromatic heterocycles. The predicted molar refractivity (Wildman–Crippen MR) is 100.0 cm³/mol. The van der Waals surface area contributed by atoms with Gasteiger partial charge in [0.05, 0.1) is 6.61 Å². The van der Waals surface area contributed by atoms with Crippen LogP contribution in [0.3, 0.4) is 0 Å². The largest absolute Gasteiger partial charge is 0.491 e. The molecular weight excluding hydrogens is 312 g/mol. The van der Waals surface area contributed by atoms with Crippen LogP contribution in [0.5, 0.6) is 5.75 Å². The van der Waals surface area contributed by atoms with Crippen LogP contribution in [0.25, 0.3) is 10.9 Å². The van der Waals surface area contributed by atoms with Crippen LogP contribution in [-0.4, -0.2) is 29.3 Å². The van der Waals surface area contributed by atoms with Gasteiger partial charge in [-0.1, -0.05) is 36.4 Å². The molecule has 1 aliphatic rings. The van der Waals surface area contributed by atoms with Crippen LogP contribution in [0.4, 0.5) is 0 Å². The first-order chi connectivity index (χ1) is 12.3. The Bertz CT molecular complexity index is 856. The second-order valence-corrected chi connectivity index (χ2v) is 6.63. The number of H-pyrrole nitrogens is 1. The van der Waals surface area contributed by atoms with E-state index in [4.69, 9.17) is 9.84 Å². The van der Waals surface area contributed by atoms with Gasteiger partial charge in [-0.05, 0) is 37.0 Å². The highest BCUT2D eigenvalue weighted by Gasteiger charge is 2.22. The summed E-state index contributed by atoms with van der Waals surface area (Å²) in [5, 5.41) is 14.0. The summed E-state index contributed by atoms with van der Waals surface area (Å²) in [7, 11) is 0. The number of aliphatic hydroxyl groups is 1. The van der Waals surface area contributed by atoms with Crippen LogP contribution < -0.4 is 10.1 Å². The van der Waals surface area contributed by atoms with Crippen molar-refractivity contribution in [3.63, 3.8) is 0 Å². The summed E-state index contributed by atoms with van der Waals surface area (Å²) in [4.78, 5) is 3.57. The molecule has 0 radical (unpaired) electrons. The first-order valence-electron chi connectivity index (χ1n) is 8.98. The minimum absolute atomic E-state index is 0.0354. The summed E-state index contributed by atoms with van der Waals surface area (Å²) in [6.45, 7) is 1.15. The number of para-hydroxylation sites is 2. The van der Waals surface area contributed by atoms with E-state index in [9.17, 15) is 0 Å². The highest BCUT2D eigenvalue weighted by atomic mass is 16.5. The van der Waals surface area contributed by atoms with Gasteiger partial charge in [0.25, 0.3) is 0 Å². The zero-order valence-electron chi connectivity index (χ0n) is 14.3. The van der Waals surface area contributed by atoms with E-state index < -0.39 is 0 Å². The smallest absolute Gasteiger partial charge is 0.123 e. The number of benzene rings is 2. The summed E-state index contributed by atoms with van der Waals surface area (Å²) in [5.41, 5.74) is 5.24. The number of ether oxygens (including phenoxy) is 1. The average molecular weight is 336 g/mol. The van der Waals surface area contributed by atoms with Crippen molar-refractivity contribution in [3.05, 3.63) is 65.4 Å². The minimum Gasteiger partial charge on any atom is -0.491 e. The van der Waals surface area contributed by atoms with E-state index in [1.807, 2.05) is 18.2 Å². The van der Waals surface area contributed by atoms with Crippen LogP contribution in [0.15, 0.2) is 48.5 Å². The number of aromatic amines is 1. The van der Waals surface area contributed by atoms with Crippen LogP contribution in [0.1, 0.15) is 23.2 Å². The third kappa shape index (κ3) is 3.41. The molecule has 1 unspecified atom stereocenters. The summed E-state index contributed by atoms with van der Waals surface area (Å²) in [5.74, 6) is 0.854. The Morgan fingerprint density at radius 1 is 1.12 bits per heavy atom. The summed E-state index contributed by atoms with van der Waals surface area (Å²) in [6, 6.07) is 17.1. The molecule has 3 aromatic rings. The van der Waals surface area contributed by atoms with E-state index in [0.29, 0.717) is 12.6 Å². The summed E-state index contributed by atoms with van der Waals surface area (Å²) in [6.07, 6.45) is 3.28. The number of hydrogen-bond donors (Lipinski definition) is 3. The van der Waals surface area contributed by atoms with Crippen molar-refractivity contribution < 1.29 is 9.84 Å². The van der Waals surface area contributed by atoms with Crippen molar-refractivity contribution in [2.24, 2.45) is 0 Å². The Labute approximate surface area is 147 Å². The molecule has 0 spiro atoms. The van der Waals surface area contributed by atoms with Crippen molar-refractivity contribution >= 4 is 10.9 Å². The van der Waals surface area contributed by atoms with E-state index in [2.05, 4.69) is 40.6 Å². The number of aliphatic hydroxyl groups excluding tert-OH is 1. The summed E-state index contributed by atoms with van der Waals surface area (Å²) >= 11 is 0. The van der Waals surface area contributed by atoms with Gasteiger partial charge in [-0.3, -0.25) is 0 Å². The zero-order chi connectivity index (χ0) is 17.1. The Morgan fingerprint density at radius 2 is 1.96 bits per heavy atom. The van der Waals surface area contributed by atoms with Gasteiger partial charge in [-0.2, -0.15) is 0 Å². The van der Waals surface area contributed by atoms with E-state index in [-0.39, 0.29) is 6.61 Å². The molecule has 0 saturated carbocycles. The van der Waals surface area contributed by atoms with Crippen molar-refractivity contribution in [1.29, 1.82) is 0 Å². The minimum atomic E-state index is 0.0354. The second-order valence-electron chi connectivity index (χ2n) is 6.63. The monoisotopic (exact) mass is 336 g/mol. The first kappa shape index (κ1) is 16.2. The van der Waals surface area contributed by atoms with Gasteiger partial charge in [0.2, 0.25) is 0 Å². The number of aryl methyl sites for hydroxylation is 1. The molecule has 4 rings (SSSR count). The lowest BCUT2D eigenvalue weighted by Crippen LogP contribution is -2.34. The van der Waals surface area contributed by atoms with E-state index in [0.717, 1.165) is 37.1 Å². The molecule has 0 aliphatic heterocycles. The molecule has 0 saturated heterocycles. The van der Waals surface area contributed by atoms with Crippen LogP contribution >= 0.6 is 0 Å². The van der Waals surface area contributed by atoms with Crippen molar-refractivity contribution in [2.45, 2.75) is 31.8 Å². The fraction of sp³-hybridized carbons (Fsp3) is 0.333. The maximum absolute atomic E-state index is 8.97. The average Bonchev–Trinajstić information content (AvgIpc) is 3.03. The maximum atomic E-state index is 8.97. The fourth-order valence-corrected chi connectivity index (χ4v) is 3.74. The molecular formula is C21H24N2O2. The van der Waals surface area contributed by atoms with Gasteiger partial charge in [-0.15, -0.1) is 0 Å². The summed E-state index contributed by atoms with van der Waals surface area (Å²) < 4.78 is 5.63. The van der Waals surface area contributed by atoms with Crippen molar-refractivity contribution in [2.75, 3.05) is 13.2 Å². The van der Waals surface area contributed by atoms with Gasteiger partial charge >= 0.3 is 0 Å². The molecule has 2 aromatic carbocycles. The molecule has 25 heavy (non-hydrogen) atoms. The number of aromatic nitrogens is 1. The van der Waals surface area contributed by atoms with Gasteiger partial charge in [0.1, 0.15) is 12.4 Å². The molecule has 3 N–H and O–H groups in total. The van der Waals surface area contributed by atoms with Gasteiger partial charge in [0, 0.05) is 34.7 Å². The van der Waals surface area contributed by atoms with Crippen LogP contribution in [0.2, 0.25) is 0 Å². The molecule has 4 heteroatoms. The normalized spacial score (nSPS) is 16.8. The first-order valence-corrected chi connectivity index (χ1v) is 8.98. The topological polar surface area (TPSA) is 57.3 Å². The number of hydrogen-bond acceptors (Lipinski definition) is 3. The molecule has 1 heterocycles. The molecule has 0 fully saturated rings. The predicted octanol–water partition coefficient (Wildman–Crippen LogP) is 3.19. The van der Waals surface area contributed by atoms with Crippen LogP contribution in [-0.2, 0) is 19.4 Å². The number of nitrogens with one attached hydrogen (secondary N) is 2. The van der Waals surface area contributed by atoms with E-state index >= 15 is 0 Å². The van der Waals surface area contributed by atoms with Gasteiger partial charge in [-0.25, -0.2) is 0 Å². The van der Waals surface area contributed by atoms with Crippen molar-refractivity contribution in [1.82, 2.24) is 10.3 Å². The van der Waals surface area contributed by atoms with Gasteiger partial charge < -0.3 is 20.1 Å². The SMILES string of the molecule is OCCOc1ccccc1CNC1CCc2[nH]c3ccccc3c2C1. The Balaban J connectivity index is 1.45. The maximum Gasteiger partial charge on any atom is 0.123 e. The van der Waals surface area contributed by atoms with Crippen LogP contribution in [0, 0.1) is 0 Å². The second kappa shape index (κ2) is 7.30. The Morgan fingerprint density at radius 3 is 2.88 bits per heavy atom. The molecule has 1 aliphatic carbocycles. The Hall–Kier alpha value is -2.30. The van der Waals surface area contributed by atoms with Gasteiger partial charge in [0.15, 0.2) is 0 Å². The molecule has 130 valence electrons. The highest BCUT2D eigenvalue weighted by molar-refractivity contribution is 5.84. The van der Waals surface area contributed by atoms with E-state index in [1.54, 1.807) is 0 Å². The molecule has 4 nitrogen and oxygen atoms in total. The lowest BCUT2D eigenvalue weighted by Gasteiger charge is -2.24. The van der Waals surface area contributed by atoms with Crippen molar-refractivity contribution in [3.8, 4) is 5.75 Å². The lowest BCUT2D eigenvalue weighted by atomic mass is 9.91. The quantitative estimate of drug-likeness (QED) is 0.648. The molecule has 0 amide bonds. The molecule has 0 bridgehead atoms. The number of rotatable bonds is 6. The zero-order valence-corrected chi connectivity index (χ0v) is 14.3. The van der Waals surface area contributed by atoms with E-state index in [1.165, 1.54) is 22.2 Å². The number of fused-ring (bicyclic) bond motifs is 3. The fourth-order valence-electron chi connectivity index (χ4n) is 3.74.